The number of fused-ring (bicyclic) bond motifs is 5. The van der Waals surface area contributed by atoms with Gasteiger partial charge in [0.2, 0.25) is 11.8 Å². The zero-order valence-corrected chi connectivity index (χ0v) is 15.6. The molecule has 4 unspecified atom stereocenters. The fourth-order valence-corrected chi connectivity index (χ4v) is 4.50. The standard InChI is InChI=1S/C20H21NO7/c1-10-16-14-15(20(25)21(19(14)24)11-6-4-3-5-7-11)18(28-16)17(10)27-13(23)9-8-12(22)26-2/h3-7,10,14-18H,8-9H2,1-2H3/t10-,14?,15?,16-,17?,18?/m1/s1. The molecule has 0 spiro atoms. The SMILES string of the molecule is COC(=O)CCC(=O)OC1C2O[C@@H](C3C(=O)N(c4ccccc4)C(=O)C23)[C@H]1C. The van der Waals surface area contributed by atoms with Crippen LogP contribution in [0.15, 0.2) is 30.3 Å². The molecule has 2 amide bonds. The Bertz CT molecular complexity index is 823. The molecule has 8 heteroatoms. The first-order chi connectivity index (χ1) is 13.4. The second kappa shape index (κ2) is 7.01. The third kappa shape index (κ3) is 2.79. The van der Waals surface area contributed by atoms with E-state index in [9.17, 15) is 19.2 Å². The summed E-state index contributed by atoms with van der Waals surface area (Å²) in [7, 11) is 1.25. The van der Waals surface area contributed by atoms with Crippen LogP contribution in [0.4, 0.5) is 5.69 Å². The Morgan fingerprint density at radius 2 is 1.61 bits per heavy atom. The number of esters is 2. The Hall–Kier alpha value is -2.74. The van der Waals surface area contributed by atoms with Crippen molar-refractivity contribution in [2.75, 3.05) is 12.0 Å². The number of hydrogen-bond acceptors (Lipinski definition) is 7. The summed E-state index contributed by atoms with van der Waals surface area (Å²) in [5.74, 6) is -3.07. The van der Waals surface area contributed by atoms with E-state index in [1.165, 1.54) is 12.0 Å². The van der Waals surface area contributed by atoms with E-state index in [1.807, 2.05) is 13.0 Å². The molecule has 3 heterocycles. The minimum Gasteiger partial charge on any atom is -0.469 e. The Labute approximate surface area is 161 Å². The molecule has 8 nitrogen and oxygen atoms in total. The summed E-state index contributed by atoms with van der Waals surface area (Å²) in [6, 6.07) is 8.78. The number of amides is 2. The maximum absolute atomic E-state index is 13.0. The van der Waals surface area contributed by atoms with E-state index in [4.69, 9.17) is 9.47 Å². The number of carbonyl (C=O) groups excluding carboxylic acids is 4. The summed E-state index contributed by atoms with van der Waals surface area (Å²) in [4.78, 5) is 50.5. The van der Waals surface area contributed by atoms with Crippen LogP contribution in [0.25, 0.3) is 0 Å². The van der Waals surface area contributed by atoms with Crippen molar-refractivity contribution in [3.63, 3.8) is 0 Å². The summed E-state index contributed by atoms with van der Waals surface area (Å²) in [6.07, 6.45) is -1.93. The predicted molar refractivity (Wildman–Crippen MR) is 94.9 cm³/mol. The van der Waals surface area contributed by atoms with Crippen LogP contribution >= 0.6 is 0 Å². The third-order valence-corrected chi connectivity index (χ3v) is 5.82. The monoisotopic (exact) mass is 387 g/mol. The van der Waals surface area contributed by atoms with Gasteiger partial charge in [0, 0.05) is 5.92 Å². The molecule has 0 saturated carbocycles. The number of rotatable bonds is 5. The molecular formula is C20H21NO7. The van der Waals surface area contributed by atoms with Crippen molar-refractivity contribution in [2.45, 2.75) is 38.1 Å². The van der Waals surface area contributed by atoms with E-state index in [-0.39, 0.29) is 30.6 Å². The summed E-state index contributed by atoms with van der Waals surface area (Å²) in [5, 5.41) is 0. The van der Waals surface area contributed by atoms with Crippen LogP contribution in [0.1, 0.15) is 19.8 Å². The number of nitrogens with zero attached hydrogens (tertiary/aromatic N) is 1. The van der Waals surface area contributed by atoms with E-state index in [0.29, 0.717) is 5.69 Å². The molecule has 0 aliphatic carbocycles. The second-order valence-electron chi connectivity index (χ2n) is 7.35. The zero-order chi connectivity index (χ0) is 20.0. The van der Waals surface area contributed by atoms with Gasteiger partial charge < -0.3 is 14.2 Å². The Morgan fingerprint density at radius 3 is 2.25 bits per heavy atom. The lowest BCUT2D eigenvalue weighted by Crippen LogP contribution is -2.45. The largest absolute Gasteiger partial charge is 0.469 e. The van der Waals surface area contributed by atoms with Crippen LogP contribution < -0.4 is 4.90 Å². The van der Waals surface area contributed by atoms with Gasteiger partial charge in [-0.3, -0.25) is 19.2 Å². The number of carbonyl (C=O) groups is 4. The van der Waals surface area contributed by atoms with Gasteiger partial charge in [-0.15, -0.1) is 0 Å². The van der Waals surface area contributed by atoms with E-state index < -0.39 is 42.1 Å². The fraction of sp³-hybridized carbons (Fsp3) is 0.500. The third-order valence-electron chi connectivity index (χ3n) is 5.82. The van der Waals surface area contributed by atoms with Gasteiger partial charge in [-0.05, 0) is 12.1 Å². The average molecular weight is 387 g/mol. The maximum Gasteiger partial charge on any atom is 0.306 e. The summed E-state index contributed by atoms with van der Waals surface area (Å²) >= 11 is 0. The normalized spacial score (nSPS) is 33.1. The summed E-state index contributed by atoms with van der Waals surface area (Å²) < 4.78 is 15.9. The van der Waals surface area contributed by atoms with E-state index in [2.05, 4.69) is 4.74 Å². The topological polar surface area (TPSA) is 99.2 Å². The van der Waals surface area contributed by atoms with Crippen LogP contribution in [0.5, 0.6) is 0 Å². The summed E-state index contributed by atoms with van der Waals surface area (Å²) in [5.41, 5.74) is 0.533. The number of hydrogen-bond donors (Lipinski definition) is 0. The first-order valence-electron chi connectivity index (χ1n) is 9.28. The Balaban J connectivity index is 1.50. The van der Waals surface area contributed by atoms with Crippen LogP contribution in [0.2, 0.25) is 0 Å². The highest BCUT2D eigenvalue weighted by Crippen LogP contribution is 2.52. The average Bonchev–Trinajstić information content (AvgIpc) is 3.31. The molecule has 148 valence electrons. The molecule has 3 aliphatic rings. The van der Waals surface area contributed by atoms with Gasteiger partial charge in [-0.2, -0.15) is 0 Å². The van der Waals surface area contributed by atoms with Crippen LogP contribution in [-0.4, -0.2) is 49.2 Å². The molecule has 0 radical (unpaired) electrons. The van der Waals surface area contributed by atoms with Gasteiger partial charge in [-0.1, -0.05) is 25.1 Å². The highest BCUT2D eigenvalue weighted by Gasteiger charge is 2.69. The van der Waals surface area contributed by atoms with Crippen molar-refractivity contribution in [3.8, 4) is 0 Å². The molecular weight excluding hydrogens is 366 g/mol. The molecule has 3 fully saturated rings. The minimum atomic E-state index is -0.660. The smallest absolute Gasteiger partial charge is 0.306 e. The van der Waals surface area contributed by atoms with Crippen molar-refractivity contribution in [3.05, 3.63) is 30.3 Å². The number of ether oxygens (including phenoxy) is 3. The fourth-order valence-electron chi connectivity index (χ4n) is 4.50. The molecule has 6 atom stereocenters. The van der Waals surface area contributed by atoms with E-state index in [0.717, 1.165) is 0 Å². The molecule has 0 aromatic heterocycles. The summed E-state index contributed by atoms with van der Waals surface area (Å²) in [6.45, 7) is 1.85. The first kappa shape index (κ1) is 18.6. The number of imide groups is 1. The van der Waals surface area contributed by atoms with Gasteiger partial charge in [0.15, 0.2) is 0 Å². The Morgan fingerprint density at radius 1 is 1.00 bits per heavy atom. The lowest BCUT2D eigenvalue weighted by molar-refractivity contribution is -0.158. The molecule has 0 N–H and O–H groups in total. The molecule has 3 aliphatic heterocycles. The van der Waals surface area contributed by atoms with Gasteiger partial charge >= 0.3 is 11.9 Å². The number of para-hydroxylation sites is 1. The van der Waals surface area contributed by atoms with E-state index >= 15 is 0 Å². The molecule has 1 aromatic carbocycles. The van der Waals surface area contributed by atoms with Crippen molar-refractivity contribution >= 4 is 29.4 Å². The van der Waals surface area contributed by atoms with Crippen LogP contribution in [-0.2, 0) is 33.4 Å². The van der Waals surface area contributed by atoms with Crippen LogP contribution in [0.3, 0.4) is 0 Å². The van der Waals surface area contributed by atoms with Crippen molar-refractivity contribution in [2.24, 2.45) is 17.8 Å². The highest BCUT2D eigenvalue weighted by atomic mass is 16.6. The first-order valence-corrected chi connectivity index (χ1v) is 9.28. The maximum atomic E-state index is 13.0. The lowest BCUT2D eigenvalue weighted by Gasteiger charge is -2.29. The van der Waals surface area contributed by atoms with Crippen molar-refractivity contribution < 1.29 is 33.4 Å². The van der Waals surface area contributed by atoms with Crippen molar-refractivity contribution in [1.29, 1.82) is 0 Å². The molecule has 28 heavy (non-hydrogen) atoms. The quantitative estimate of drug-likeness (QED) is 0.550. The molecule has 1 aromatic rings. The number of benzene rings is 1. The predicted octanol–water partition coefficient (Wildman–Crippen LogP) is 1.07. The van der Waals surface area contributed by atoms with E-state index in [1.54, 1.807) is 24.3 Å². The van der Waals surface area contributed by atoms with Gasteiger partial charge in [0.25, 0.3) is 0 Å². The molecule has 2 bridgehead atoms. The van der Waals surface area contributed by atoms with Crippen LogP contribution in [0, 0.1) is 17.8 Å². The second-order valence-corrected chi connectivity index (χ2v) is 7.35. The zero-order valence-electron chi connectivity index (χ0n) is 15.6. The van der Waals surface area contributed by atoms with Gasteiger partial charge in [0.05, 0.1) is 43.6 Å². The van der Waals surface area contributed by atoms with Crippen molar-refractivity contribution in [1.82, 2.24) is 0 Å². The molecule has 4 rings (SSSR count). The van der Waals surface area contributed by atoms with Gasteiger partial charge in [-0.25, -0.2) is 4.90 Å². The highest BCUT2D eigenvalue weighted by molar-refractivity contribution is 6.22. The Kier molecular flexibility index (Phi) is 4.66. The molecule has 3 saturated heterocycles. The lowest BCUT2D eigenvalue weighted by atomic mass is 9.74. The van der Waals surface area contributed by atoms with Gasteiger partial charge in [0.1, 0.15) is 12.2 Å². The minimum absolute atomic E-state index is 0.0728. The number of methoxy groups -OCH3 is 1. The number of anilines is 1.